The average Bonchev–Trinajstić information content (AvgIpc) is 3.28. The second kappa shape index (κ2) is 7.48. The number of allylic oxidation sites excluding steroid dienone is 1. The van der Waals surface area contributed by atoms with E-state index in [1.165, 1.54) is 6.08 Å². The van der Waals surface area contributed by atoms with E-state index in [2.05, 4.69) is 5.32 Å². The fourth-order valence-electron chi connectivity index (χ4n) is 2.87. The van der Waals surface area contributed by atoms with Crippen molar-refractivity contribution in [1.82, 2.24) is 0 Å². The Morgan fingerprint density at radius 1 is 1.14 bits per heavy atom. The molecular formula is C21H17NO6. The minimum absolute atomic E-state index is 0.00890. The standard InChI is InChI=1S/C21H17NO6/c1-2-25-21(24)17-18(23)16(28-20(17)22-14-8-4-3-5-9-14)11-13-7-6-10-15-19(13)27-12-26-15/h3-11,22H,2,12H2,1H3. The summed E-state index contributed by atoms with van der Waals surface area (Å²) >= 11 is 0. The first kappa shape index (κ1) is 17.7. The molecule has 0 atom stereocenters. The summed E-state index contributed by atoms with van der Waals surface area (Å²) in [5.41, 5.74) is 1.11. The van der Waals surface area contributed by atoms with Crippen molar-refractivity contribution in [3.63, 3.8) is 0 Å². The molecular weight excluding hydrogens is 362 g/mol. The molecule has 2 heterocycles. The van der Waals surface area contributed by atoms with Crippen molar-refractivity contribution in [2.45, 2.75) is 6.92 Å². The van der Waals surface area contributed by atoms with E-state index in [9.17, 15) is 9.59 Å². The van der Waals surface area contributed by atoms with Crippen LogP contribution in [0.4, 0.5) is 5.69 Å². The summed E-state index contributed by atoms with van der Waals surface area (Å²) in [6.45, 7) is 1.92. The van der Waals surface area contributed by atoms with E-state index in [0.29, 0.717) is 22.7 Å². The Balaban J connectivity index is 1.69. The zero-order valence-electron chi connectivity index (χ0n) is 15.1. The van der Waals surface area contributed by atoms with Gasteiger partial charge in [0.1, 0.15) is 0 Å². The predicted octanol–water partition coefficient (Wildman–Crippen LogP) is 3.24. The molecule has 142 valence electrons. The van der Waals surface area contributed by atoms with Crippen molar-refractivity contribution < 1.29 is 28.5 Å². The number of rotatable bonds is 5. The highest BCUT2D eigenvalue weighted by atomic mass is 16.7. The molecule has 2 aromatic rings. The number of Topliss-reactive ketones (excluding diaryl/α,β-unsaturated/α-hetero) is 1. The number of para-hydroxylation sites is 2. The number of benzene rings is 2. The number of hydrogen-bond donors (Lipinski definition) is 1. The highest BCUT2D eigenvalue weighted by Gasteiger charge is 2.37. The van der Waals surface area contributed by atoms with Crippen LogP contribution in [-0.2, 0) is 19.1 Å². The van der Waals surface area contributed by atoms with Gasteiger partial charge in [-0.2, -0.15) is 0 Å². The average molecular weight is 379 g/mol. The first-order chi connectivity index (χ1) is 13.7. The molecule has 0 radical (unpaired) electrons. The van der Waals surface area contributed by atoms with E-state index in [1.807, 2.05) is 18.2 Å². The fourth-order valence-corrected chi connectivity index (χ4v) is 2.87. The van der Waals surface area contributed by atoms with Crippen LogP contribution in [0, 0.1) is 0 Å². The lowest BCUT2D eigenvalue weighted by Crippen LogP contribution is -2.16. The van der Waals surface area contributed by atoms with E-state index in [-0.39, 0.29) is 30.6 Å². The Hall–Kier alpha value is -3.74. The molecule has 7 heteroatoms. The van der Waals surface area contributed by atoms with Crippen LogP contribution < -0.4 is 14.8 Å². The van der Waals surface area contributed by atoms with Crippen LogP contribution in [0.15, 0.2) is 65.7 Å². The van der Waals surface area contributed by atoms with E-state index < -0.39 is 11.8 Å². The molecule has 0 fully saturated rings. The third-order valence-electron chi connectivity index (χ3n) is 4.11. The minimum atomic E-state index is -0.743. The second-order valence-corrected chi connectivity index (χ2v) is 5.94. The van der Waals surface area contributed by atoms with E-state index >= 15 is 0 Å². The topological polar surface area (TPSA) is 83.1 Å². The number of nitrogens with one attached hydrogen (secondary N) is 1. The molecule has 0 saturated heterocycles. The van der Waals surface area contributed by atoms with E-state index in [0.717, 1.165) is 0 Å². The Kier molecular flexibility index (Phi) is 4.72. The van der Waals surface area contributed by atoms with Crippen molar-refractivity contribution in [3.05, 3.63) is 71.3 Å². The quantitative estimate of drug-likeness (QED) is 0.485. The van der Waals surface area contributed by atoms with Gasteiger partial charge in [-0.05, 0) is 31.2 Å². The van der Waals surface area contributed by atoms with Gasteiger partial charge in [0.2, 0.25) is 18.5 Å². The van der Waals surface area contributed by atoms with Gasteiger partial charge in [-0.1, -0.05) is 30.3 Å². The molecule has 0 spiro atoms. The summed E-state index contributed by atoms with van der Waals surface area (Å²) < 4.78 is 21.5. The number of anilines is 1. The van der Waals surface area contributed by atoms with Crippen molar-refractivity contribution >= 4 is 23.5 Å². The highest BCUT2D eigenvalue weighted by molar-refractivity contribution is 6.26. The number of carbonyl (C=O) groups excluding carboxylic acids is 2. The third-order valence-corrected chi connectivity index (χ3v) is 4.11. The third kappa shape index (κ3) is 3.29. The molecule has 0 aromatic heterocycles. The number of carbonyl (C=O) groups is 2. The van der Waals surface area contributed by atoms with Crippen LogP contribution in [0.2, 0.25) is 0 Å². The Morgan fingerprint density at radius 2 is 1.96 bits per heavy atom. The van der Waals surface area contributed by atoms with Crippen LogP contribution in [-0.4, -0.2) is 25.2 Å². The van der Waals surface area contributed by atoms with Crippen LogP contribution in [0.3, 0.4) is 0 Å². The fraction of sp³-hybridized carbons (Fsp3) is 0.143. The lowest BCUT2D eigenvalue weighted by atomic mass is 10.1. The predicted molar refractivity (Wildman–Crippen MR) is 100 cm³/mol. The largest absolute Gasteiger partial charge is 0.462 e. The Morgan fingerprint density at radius 3 is 2.75 bits per heavy atom. The van der Waals surface area contributed by atoms with Crippen LogP contribution in [0.5, 0.6) is 11.5 Å². The van der Waals surface area contributed by atoms with Crippen molar-refractivity contribution in [3.8, 4) is 11.5 Å². The SMILES string of the molecule is CCOC(=O)C1=C(Nc2ccccc2)OC(=Cc2cccc3c2OCO3)C1=O. The molecule has 0 unspecified atom stereocenters. The smallest absolute Gasteiger partial charge is 0.347 e. The lowest BCUT2D eigenvalue weighted by molar-refractivity contribution is -0.139. The van der Waals surface area contributed by atoms with Gasteiger partial charge in [-0.25, -0.2) is 4.79 Å². The van der Waals surface area contributed by atoms with Crippen LogP contribution in [0.25, 0.3) is 6.08 Å². The maximum Gasteiger partial charge on any atom is 0.347 e. The van der Waals surface area contributed by atoms with Gasteiger partial charge in [0, 0.05) is 11.3 Å². The van der Waals surface area contributed by atoms with Gasteiger partial charge in [0.15, 0.2) is 22.8 Å². The number of ether oxygens (including phenoxy) is 4. The molecule has 28 heavy (non-hydrogen) atoms. The summed E-state index contributed by atoms with van der Waals surface area (Å²) in [5.74, 6) is -0.175. The monoisotopic (exact) mass is 379 g/mol. The van der Waals surface area contributed by atoms with Crippen molar-refractivity contribution in [2.24, 2.45) is 0 Å². The lowest BCUT2D eigenvalue weighted by Gasteiger charge is -2.08. The first-order valence-electron chi connectivity index (χ1n) is 8.73. The summed E-state index contributed by atoms with van der Waals surface area (Å²) in [6.07, 6.45) is 1.52. The van der Waals surface area contributed by atoms with E-state index in [1.54, 1.807) is 37.3 Å². The zero-order chi connectivity index (χ0) is 19.5. The summed E-state index contributed by atoms with van der Waals surface area (Å²) in [7, 11) is 0. The van der Waals surface area contributed by atoms with Crippen LogP contribution >= 0.6 is 0 Å². The Labute approximate surface area is 161 Å². The second-order valence-electron chi connectivity index (χ2n) is 5.94. The van der Waals surface area contributed by atoms with Gasteiger partial charge in [0.05, 0.1) is 6.61 Å². The summed E-state index contributed by atoms with van der Waals surface area (Å²) in [6, 6.07) is 14.4. The van der Waals surface area contributed by atoms with Crippen molar-refractivity contribution in [1.29, 1.82) is 0 Å². The van der Waals surface area contributed by atoms with Gasteiger partial charge in [0.25, 0.3) is 0 Å². The minimum Gasteiger partial charge on any atom is -0.462 e. The van der Waals surface area contributed by atoms with Gasteiger partial charge < -0.3 is 24.3 Å². The summed E-state index contributed by atoms with van der Waals surface area (Å²) in [5, 5.41) is 2.97. The molecule has 0 saturated carbocycles. The maximum atomic E-state index is 12.9. The molecule has 2 aromatic carbocycles. The number of fused-ring (bicyclic) bond motifs is 1. The van der Waals surface area contributed by atoms with Crippen molar-refractivity contribution in [2.75, 3.05) is 18.7 Å². The Bertz CT molecular complexity index is 993. The maximum absolute atomic E-state index is 12.9. The zero-order valence-corrected chi connectivity index (χ0v) is 15.1. The first-order valence-corrected chi connectivity index (χ1v) is 8.73. The van der Waals surface area contributed by atoms with Crippen LogP contribution in [0.1, 0.15) is 12.5 Å². The molecule has 2 aliphatic heterocycles. The molecule has 0 amide bonds. The molecule has 4 rings (SSSR count). The number of esters is 1. The molecule has 1 N–H and O–H groups in total. The highest BCUT2D eigenvalue weighted by Crippen LogP contribution is 2.38. The summed E-state index contributed by atoms with van der Waals surface area (Å²) in [4.78, 5) is 25.2. The van der Waals surface area contributed by atoms with Gasteiger partial charge in [-0.15, -0.1) is 0 Å². The normalized spacial score (nSPS) is 16.3. The number of ketones is 1. The molecule has 0 bridgehead atoms. The molecule has 0 aliphatic carbocycles. The van der Waals surface area contributed by atoms with Gasteiger partial charge >= 0.3 is 5.97 Å². The molecule has 2 aliphatic rings. The van der Waals surface area contributed by atoms with Gasteiger partial charge in [-0.3, -0.25) is 4.79 Å². The molecule has 7 nitrogen and oxygen atoms in total. The van der Waals surface area contributed by atoms with E-state index in [4.69, 9.17) is 18.9 Å². The number of hydrogen-bond acceptors (Lipinski definition) is 7.